The fourth-order valence-corrected chi connectivity index (χ4v) is 3.08. The fourth-order valence-electron chi connectivity index (χ4n) is 2.30. The molecular weight excluding hydrogens is 296 g/mol. The van der Waals surface area contributed by atoms with E-state index in [0.717, 1.165) is 28.4 Å². The molecule has 1 N–H and O–H groups in total. The number of ether oxygens (including phenoxy) is 1. The Hall–Kier alpha value is -1.88. The van der Waals surface area contributed by atoms with Crippen molar-refractivity contribution in [3.05, 3.63) is 45.9 Å². The predicted octanol–water partition coefficient (Wildman–Crippen LogP) is 3.10. The molecule has 0 saturated carbocycles. The van der Waals surface area contributed by atoms with Crippen molar-refractivity contribution >= 4 is 17.2 Å². The number of aryl methyl sites for hydroxylation is 1. The molecule has 1 aromatic carbocycles. The molecule has 0 fully saturated rings. The third-order valence-corrected chi connectivity index (χ3v) is 4.67. The van der Waals surface area contributed by atoms with Crippen LogP contribution in [0, 0.1) is 6.92 Å². The second kappa shape index (κ2) is 6.92. The first kappa shape index (κ1) is 16.5. The predicted molar refractivity (Wildman–Crippen MR) is 89.6 cm³/mol. The lowest BCUT2D eigenvalue weighted by Crippen LogP contribution is -2.41. The number of carbonyl (C=O) groups is 1. The Bertz CT molecular complexity index is 650. The number of methoxy groups -OCH3 is 1. The van der Waals surface area contributed by atoms with Gasteiger partial charge in [0.25, 0.3) is 0 Å². The van der Waals surface area contributed by atoms with Crippen molar-refractivity contribution in [3.8, 4) is 5.75 Å². The minimum Gasteiger partial charge on any atom is -0.496 e. The molecule has 2 rings (SSSR count). The van der Waals surface area contributed by atoms with Gasteiger partial charge < -0.3 is 10.1 Å². The molecule has 0 aliphatic heterocycles. The summed E-state index contributed by atoms with van der Waals surface area (Å²) < 4.78 is 5.37. The van der Waals surface area contributed by atoms with Gasteiger partial charge in [-0.15, -0.1) is 11.3 Å². The smallest absolute Gasteiger partial charge is 0.230 e. The Morgan fingerprint density at radius 1 is 1.36 bits per heavy atom. The number of hydrogen-bond acceptors (Lipinski definition) is 4. The molecule has 2 aromatic rings. The van der Waals surface area contributed by atoms with Crippen LogP contribution in [0.1, 0.15) is 30.1 Å². The minimum atomic E-state index is -0.647. The molecule has 1 amide bonds. The summed E-state index contributed by atoms with van der Waals surface area (Å²) in [5, 5.41) is 6.08. The Morgan fingerprint density at radius 3 is 2.73 bits per heavy atom. The number of thiazole rings is 1. The molecule has 118 valence electrons. The normalized spacial score (nSPS) is 11.3. The summed E-state index contributed by atoms with van der Waals surface area (Å²) in [6, 6.07) is 7.64. The molecule has 4 nitrogen and oxygen atoms in total. The van der Waals surface area contributed by atoms with Crippen LogP contribution in [0.25, 0.3) is 0 Å². The van der Waals surface area contributed by atoms with Crippen LogP contribution in [0.2, 0.25) is 0 Å². The highest BCUT2D eigenvalue weighted by molar-refractivity contribution is 7.09. The number of nitrogens with one attached hydrogen (secondary N) is 1. The van der Waals surface area contributed by atoms with Gasteiger partial charge in [-0.05, 0) is 26.8 Å². The van der Waals surface area contributed by atoms with Crippen molar-refractivity contribution in [3.63, 3.8) is 0 Å². The van der Waals surface area contributed by atoms with E-state index in [-0.39, 0.29) is 5.91 Å². The van der Waals surface area contributed by atoms with E-state index in [9.17, 15) is 4.79 Å². The lowest BCUT2D eigenvalue weighted by atomic mass is 9.83. The first-order valence-corrected chi connectivity index (χ1v) is 8.16. The molecule has 1 heterocycles. The molecule has 0 atom stereocenters. The number of hydrogen-bond donors (Lipinski definition) is 1. The largest absolute Gasteiger partial charge is 0.496 e. The van der Waals surface area contributed by atoms with Crippen LogP contribution in [-0.4, -0.2) is 24.5 Å². The third-order valence-electron chi connectivity index (χ3n) is 3.64. The van der Waals surface area contributed by atoms with Crippen LogP contribution < -0.4 is 10.1 Å². The molecule has 0 unspecified atom stereocenters. The first-order chi connectivity index (χ1) is 10.4. The van der Waals surface area contributed by atoms with E-state index in [1.165, 1.54) is 0 Å². The maximum Gasteiger partial charge on any atom is 0.230 e. The number of nitrogens with zero attached hydrogens (tertiary/aromatic N) is 1. The zero-order valence-corrected chi connectivity index (χ0v) is 14.3. The number of aromatic nitrogens is 1. The molecule has 0 spiro atoms. The summed E-state index contributed by atoms with van der Waals surface area (Å²) in [6.45, 7) is 6.38. The van der Waals surface area contributed by atoms with Crippen LogP contribution in [-0.2, 0) is 16.6 Å². The summed E-state index contributed by atoms with van der Waals surface area (Å²) in [5.41, 5.74) is 1.27. The van der Waals surface area contributed by atoms with Gasteiger partial charge in [0.1, 0.15) is 5.75 Å². The number of benzene rings is 1. The second-order valence-corrected chi connectivity index (χ2v) is 6.66. The monoisotopic (exact) mass is 318 g/mol. The van der Waals surface area contributed by atoms with Gasteiger partial charge in [0, 0.05) is 29.6 Å². The lowest BCUT2D eigenvalue weighted by Gasteiger charge is -2.26. The molecule has 0 aliphatic rings. The quantitative estimate of drug-likeness (QED) is 0.890. The maximum atomic E-state index is 12.5. The van der Waals surface area contributed by atoms with Gasteiger partial charge in [0.15, 0.2) is 0 Å². The van der Waals surface area contributed by atoms with E-state index in [0.29, 0.717) is 6.54 Å². The lowest BCUT2D eigenvalue weighted by molar-refractivity contribution is -0.125. The van der Waals surface area contributed by atoms with Crippen LogP contribution in [0.4, 0.5) is 0 Å². The number of para-hydroxylation sites is 1. The summed E-state index contributed by atoms with van der Waals surface area (Å²) >= 11 is 1.63. The van der Waals surface area contributed by atoms with Gasteiger partial charge in [-0.2, -0.15) is 0 Å². The van der Waals surface area contributed by atoms with E-state index < -0.39 is 5.41 Å². The van der Waals surface area contributed by atoms with Crippen molar-refractivity contribution in [2.45, 2.75) is 32.6 Å². The number of carbonyl (C=O) groups excluding carboxylic acids is 1. The zero-order valence-electron chi connectivity index (χ0n) is 13.5. The summed E-state index contributed by atoms with van der Waals surface area (Å²) in [5.74, 6) is 0.725. The van der Waals surface area contributed by atoms with Gasteiger partial charge in [0.05, 0.1) is 17.5 Å². The molecule has 5 heteroatoms. The minimum absolute atomic E-state index is 0.00900. The first-order valence-electron chi connectivity index (χ1n) is 7.28. The van der Waals surface area contributed by atoms with Crippen molar-refractivity contribution in [2.24, 2.45) is 0 Å². The molecule has 0 aliphatic carbocycles. The van der Waals surface area contributed by atoms with Crippen molar-refractivity contribution < 1.29 is 9.53 Å². The highest BCUT2D eigenvalue weighted by Crippen LogP contribution is 2.31. The van der Waals surface area contributed by atoms with Gasteiger partial charge in [0.2, 0.25) is 5.91 Å². The van der Waals surface area contributed by atoms with Gasteiger partial charge in [-0.1, -0.05) is 18.2 Å². The van der Waals surface area contributed by atoms with Gasteiger partial charge >= 0.3 is 0 Å². The van der Waals surface area contributed by atoms with E-state index in [1.807, 2.05) is 50.4 Å². The Labute approximate surface area is 135 Å². The molecule has 0 bridgehead atoms. The van der Waals surface area contributed by atoms with Crippen molar-refractivity contribution in [2.75, 3.05) is 13.7 Å². The summed E-state index contributed by atoms with van der Waals surface area (Å²) in [7, 11) is 1.62. The average molecular weight is 318 g/mol. The van der Waals surface area contributed by atoms with Crippen LogP contribution in [0.15, 0.2) is 29.6 Å². The fraction of sp³-hybridized carbons (Fsp3) is 0.412. The molecule has 22 heavy (non-hydrogen) atoms. The number of rotatable bonds is 6. The average Bonchev–Trinajstić information content (AvgIpc) is 2.92. The van der Waals surface area contributed by atoms with E-state index in [2.05, 4.69) is 10.3 Å². The number of amides is 1. The van der Waals surface area contributed by atoms with Crippen molar-refractivity contribution in [1.82, 2.24) is 10.3 Å². The topological polar surface area (TPSA) is 51.2 Å². The Morgan fingerprint density at radius 2 is 2.09 bits per heavy atom. The molecule has 1 aromatic heterocycles. The summed E-state index contributed by atoms with van der Waals surface area (Å²) in [6.07, 6.45) is 0.756. The molecule has 0 saturated heterocycles. The van der Waals surface area contributed by atoms with E-state index >= 15 is 0 Å². The van der Waals surface area contributed by atoms with E-state index in [1.54, 1.807) is 18.4 Å². The second-order valence-electron chi connectivity index (χ2n) is 5.71. The standard InChI is InChI=1S/C17H22N2O2S/c1-12-11-22-15(19-12)9-10-18-16(20)17(2,3)13-7-5-6-8-14(13)21-4/h5-8,11H,9-10H2,1-4H3,(H,18,20). The maximum absolute atomic E-state index is 12.5. The van der Waals surface area contributed by atoms with Crippen LogP contribution in [0.3, 0.4) is 0 Å². The van der Waals surface area contributed by atoms with Crippen LogP contribution in [0.5, 0.6) is 5.75 Å². The van der Waals surface area contributed by atoms with Crippen LogP contribution >= 0.6 is 11.3 Å². The molecule has 0 radical (unpaired) electrons. The van der Waals surface area contributed by atoms with Gasteiger partial charge in [-0.3, -0.25) is 4.79 Å². The zero-order chi connectivity index (χ0) is 16.2. The third kappa shape index (κ3) is 3.65. The molecular formula is C17H22N2O2S. The Kier molecular flexibility index (Phi) is 5.19. The van der Waals surface area contributed by atoms with E-state index in [4.69, 9.17) is 4.74 Å². The van der Waals surface area contributed by atoms with Gasteiger partial charge in [-0.25, -0.2) is 4.98 Å². The highest BCUT2D eigenvalue weighted by atomic mass is 32.1. The summed E-state index contributed by atoms with van der Waals surface area (Å²) in [4.78, 5) is 16.9. The Balaban J connectivity index is 2.01. The SMILES string of the molecule is COc1ccccc1C(C)(C)C(=O)NCCc1nc(C)cs1. The highest BCUT2D eigenvalue weighted by Gasteiger charge is 2.32. The van der Waals surface area contributed by atoms with Crippen molar-refractivity contribution in [1.29, 1.82) is 0 Å².